The lowest BCUT2D eigenvalue weighted by Crippen LogP contribution is -2.64. The van der Waals surface area contributed by atoms with Gasteiger partial charge < -0.3 is 20.1 Å². The highest BCUT2D eigenvalue weighted by atomic mass is 16.3. The number of para-hydroxylation sites is 1. The van der Waals surface area contributed by atoms with Crippen molar-refractivity contribution in [1.82, 2.24) is 14.8 Å². The molecular formula is C27H35N3O4. The van der Waals surface area contributed by atoms with Gasteiger partial charge in [0.25, 0.3) is 11.5 Å². The predicted molar refractivity (Wildman–Crippen MR) is 130 cm³/mol. The zero-order valence-electron chi connectivity index (χ0n) is 19.7. The number of nitrogens with zero attached hydrogens (tertiary/aromatic N) is 2. The van der Waals surface area contributed by atoms with Gasteiger partial charge in [0.15, 0.2) is 0 Å². The quantitative estimate of drug-likeness (QED) is 0.569. The van der Waals surface area contributed by atoms with Gasteiger partial charge >= 0.3 is 0 Å². The van der Waals surface area contributed by atoms with Crippen molar-refractivity contribution >= 4 is 16.8 Å². The molecule has 2 unspecified atom stereocenters. The van der Waals surface area contributed by atoms with Gasteiger partial charge in [0.1, 0.15) is 11.3 Å². The molecule has 2 atom stereocenters. The molecule has 3 N–H and O–H groups in total. The molecule has 1 aromatic carbocycles. The van der Waals surface area contributed by atoms with Crippen molar-refractivity contribution in [2.45, 2.75) is 87.9 Å². The van der Waals surface area contributed by atoms with Gasteiger partial charge in [-0.25, -0.2) is 0 Å². The van der Waals surface area contributed by atoms with E-state index >= 15 is 0 Å². The number of nitrogens with one attached hydrogen (secondary N) is 1. The highest BCUT2D eigenvalue weighted by molar-refractivity contribution is 6.02. The first-order valence-electron chi connectivity index (χ1n) is 13.1. The average Bonchev–Trinajstić information content (AvgIpc) is 3.31. The van der Waals surface area contributed by atoms with Crippen LogP contribution in [0.25, 0.3) is 10.9 Å². The van der Waals surface area contributed by atoms with Crippen molar-refractivity contribution in [3.05, 3.63) is 40.2 Å². The van der Waals surface area contributed by atoms with E-state index in [4.69, 9.17) is 0 Å². The summed E-state index contributed by atoms with van der Waals surface area (Å²) in [5, 5.41) is 25.1. The Morgan fingerprint density at radius 3 is 2.47 bits per heavy atom. The van der Waals surface area contributed by atoms with Crippen LogP contribution in [0.15, 0.2) is 29.1 Å². The molecule has 5 aliphatic rings. The third-order valence-electron chi connectivity index (χ3n) is 8.93. The Hall–Kier alpha value is -2.38. The number of hydrogen-bond donors (Lipinski definition) is 3. The van der Waals surface area contributed by atoms with Gasteiger partial charge in [-0.1, -0.05) is 25.0 Å². The van der Waals surface area contributed by atoms with Crippen LogP contribution >= 0.6 is 0 Å². The molecule has 0 radical (unpaired) electrons. The van der Waals surface area contributed by atoms with E-state index in [0.29, 0.717) is 35.4 Å². The van der Waals surface area contributed by atoms with Crippen LogP contribution < -0.4 is 10.9 Å². The molecule has 7 rings (SSSR count). The third kappa shape index (κ3) is 3.64. The molecule has 7 heteroatoms. The second-order valence-corrected chi connectivity index (χ2v) is 11.2. The number of aliphatic hydroxyl groups is 1. The first-order chi connectivity index (χ1) is 16.4. The number of fused-ring (bicyclic) bond motifs is 1. The van der Waals surface area contributed by atoms with Crippen molar-refractivity contribution < 1.29 is 15.0 Å². The Morgan fingerprint density at radius 1 is 1.06 bits per heavy atom. The molecule has 2 saturated heterocycles. The topological polar surface area (TPSA) is 94.8 Å². The van der Waals surface area contributed by atoms with Gasteiger partial charge in [0.05, 0.1) is 11.1 Å². The number of amides is 1. The minimum absolute atomic E-state index is 0.0732. The van der Waals surface area contributed by atoms with E-state index in [0.717, 1.165) is 57.9 Å². The molecule has 5 fully saturated rings. The van der Waals surface area contributed by atoms with Crippen molar-refractivity contribution in [2.75, 3.05) is 13.1 Å². The van der Waals surface area contributed by atoms with Gasteiger partial charge in [-0.15, -0.1) is 0 Å². The summed E-state index contributed by atoms with van der Waals surface area (Å²) in [4.78, 5) is 29.1. The molecule has 0 spiro atoms. The van der Waals surface area contributed by atoms with E-state index in [1.54, 1.807) is 10.6 Å². The maximum absolute atomic E-state index is 13.4. The molecular weight excluding hydrogens is 430 g/mol. The summed E-state index contributed by atoms with van der Waals surface area (Å²) in [6.07, 6.45) is 9.84. The predicted octanol–water partition coefficient (Wildman–Crippen LogP) is 3.32. The third-order valence-corrected chi connectivity index (χ3v) is 8.93. The summed E-state index contributed by atoms with van der Waals surface area (Å²) < 4.78 is 1.74. The maximum Gasteiger partial charge on any atom is 0.267 e. The largest absolute Gasteiger partial charge is 0.506 e. The fraction of sp³-hybridized carbons (Fsp3) is 0.630. The number of piperidine rings is 2. The van der Waals surface area contributed by atoms with Crippen LogP contribution in [0.3, 0.4) is 0 Å². The molecule has 2 aromatic rings. The molecule has 3 heterocycles. The molecule has 7 nitrogen and oxygen atoms in total. The molecule has 3 saturated carbocycles. The molecule has 34 heavy (non-hydrogen) atoms. The maximum atomic E-state index is 13.4. The average molecular weight is 466 g/mol. The SMILES string of the molecule is O=C(NCCCN1C2CC3CC1CC(O)(C3)C2)c1c(O)c2ccccc2n(C2CCCC2)c1=O. The minimum atomic E-state index is -0.491. The highest BCUT2D eigenvalue weighted by Crippen LogP contribution is 2.51. The van der Waals surface area contributed by atoms with E-state index in [2.05, 4.69) is 10.2 Å². The van der Waals surface area contributed by atoms with Crippen LogP contribution in [-0.2, 0) is 0 Å². The van der Waals surface area contributed by atoms with Crippen LogP contribution in [0.2, 0.25) is 0 Å². The lowest BCUT2D eigenvalue weighted by atomic mass is 9.61. The Labute approximate surface area is 199 Å². The lowest BCUT2D eigenvalue weighted by Gasteiger charge is -2.60. The van der Waals surface area contributed by atoms with Crippen molar-refractivity contribution in [2.24, 2.45) is 5.92 Å². The number of aromatic hydroxyl groups is 1. The van der Waals surface area contributed by atoms with Crippen molar-refractivity contribution in [1.29, 1.82) is 0 Å². The molecule has 1 amide bonds. The first-order valence-corrected chi connectivity index (χ1v) is 13.1. The summed E-state index contributed by atoms with van der Waals surface area (Å²) in [5.74, 6) is -0.0452. The van der Waals surface area contributed by atoms with E-state index in [1.807, 2.05) is 18.2 Å². The van der Waals surface area contributed by atoms with Gasteiger partial charge in [-0.2, -0.15) is 0 Å². The number of carbonyl (C=O) groups excluding carboxylic acids is 1. The number of pyridine rings is 1. The molecule has 4 bridgehead atoms. The number of hydrogen-bond acceptors (Lipinski definition) is 5. The Morgan fingerprint density at radius 2 is 1.76 bits per heavy atom. The smallest absolute Gasteiger partial charge is 0.267 e. The van der Waals surface area contributed by atoms with Gasteiger partial charge in [0.2, 0.25) is 0 Å². The molecule has 2 aliphatic heterocycles. The fourth-order valence-corrected chi connectivity index (χ4v) is 7.66. The summed E-state index contributed by atoms with van der Waals surface area (Å²) in [6.45, 7) is 1.34. The van der Waals surface area contributed by atoms with E-state index < -0.39 is 17.1 Å². The molecule has 3 aliphatic carbocycles. The zero-order valence-corrected chi connectivity index (χ0v) is 19.7. The number of aromatic nitrogens is 1. The lowest BCUT2D eigenvalue weighted by molar-refractivity contribution is -0.157. The fourth-order valence-electron chi connectivity index (χ4n) is 7.66. The molecule has 182 valence electrons. The summed E-state index contributed by atoms with van der Waals surface area (Å²) in [5.41, 5.74) is -0.278. The van der Waals surface area contributed by atoms with Crippen molar-refractivity contribution in [3.63, 3.8) is 0 Å². The van der Waals surface area contributed by atoms with Crippen LogP contribution in [0, 0.1) is 5.92 Å². The number of carbonyl (C=O) groups is 1. The van der Waals surface area contributed by atoms with Crippen LogP contribution in [0.5, 0.6) is 5.75 Å². The molecule has 1 aromatic heterocycles. The van der Waals surface area contributed by atoms with E-state index in [-0.39, 0.29) is 17.4 Å². The van der Waals surface area contributed by atoms with Gasteiger partial charge in [-0.3, -0.25) is 14.5 Å². The Kier molecular flexibility index (Phi) is 5.45. The van der Waals surface area contributed by atoms with Crippen LogP contribution in [0.4, 0.5) is 0 Å². The number of rotatable bonds is 6. The summed E-state index contributed by atoms with van der Waals surface area (Å²) in [7, 11) is 0. The Bertz CT molecular complexity index is 1150. The van der Waals surface area contributed by atoms with Crippen molar-refractivity contribution in [3.8, 4) is 5.75 Å². The normalized spacial score (nSPS) is 30.9. The van der Waals surface area contributed by atoms with Gasteiger partial charge in [-0.05, 0) is 69.4 Å². The first kappa shape index (κ1) is 22.1. The van der Waals surface area contributed by atoms with Gasteiger partial charge in [0, 0.05) is 36.6 Å². The highest BCUT2D eigenvalue weighted by Gasteiger charge is 2.53. The number of benzene rings is 1. The summed E-state index contributed by atoms with van der Waals surface area (Å²) >= 11 is 0. The van der Waals surface area contributed by atoms with E-state index in [1.165, 1.54) is 12.8 Å². The van der Waals surface area contributed by atoms with E-state index in [9.17, 15) is 19.8 Å². The monoisotopic (exact) mass is 465 g/mol. The minimum Gasteiger partial charge on any atom is -0.506 e. The second-order valence-electron chi connectivity index (χ2n) is 11.2. The Balaban J connectivity index is 1.16. The van der Waals surface area contributed by atoms with Crippen LogP contribution in [0.1, 0.15) is 80.6 Å². The second kappa shape index (κ2) is 8.38. The summed E-state index contributed by atoms with van der Waals surface area (Å²) in [6, 6.07) is 8.30. The zero-order chi connectivity index (χ0) is 23.4. The van der Waals surface area contributed by atoms with Crippen LogP contribution in [-0.4, -0.2) is 56.4 Å². The standard InChI is InChI=1S/C27H35N3O4/c31-24-21-8-3-4-9-22(21)30(18-6-1-2-7-18)26(33)23(24)25(32)28-10-5-11-29-19-12-17-13-20(29)16-27(34,14-17)15-19/h3-4,8-9,17-20,31,34H,1-2,5-7,10-16H2,(H,28,32).